The number of anilines is 1. The average Bonchev–Trinajstić information content (AvgIpc) is 2.95. The first-order valence-corrected chi connectivity index (χ1v) is 7.31. The Labute approximate surface area is 125 Å². The van der Waals surface area contributed by atoms with Crippen LogP contribution in [0.3, 0.4) is 0 Å². The van der Waals surface area contributed by atoms with Crippen LogP contribution in [0, 0.1) is 0 Å². The van der Waals surface area contributed by atoms with E-state index in [1.165, 1.54) is 11.8 Å². The van der Waals surface area contributed by atoms with Crippen LogP contribution in [0.5, 0.6) is 11.5 Å². The third-order valence-electron chi connectivity index (χ3n) is 3.27. The second-order valence-electron chi connectivity index (χ2n) is 4.67. The Morgan fingerprint density at radius 3 is 2.90 bits per heavy atom. The van der Waals surface area contributed by atoms with Gasteiger partial charge in [-0.2, -0.15) is 0 Å². The first-order chi connectivity index (χ1) is 10.3. The van der Waals surface area contributed by atoms with E-state index in [1.807, 2.05) is 48.5 Å². The molecule has 0 saturated carbocycles. The number of para-hydroxylation sites is 1. The fraction of sp³-hybridized carbons (Fsp3) is 0.0625. The van der Waals surface area contributed by atoms with Crippen molar-refractivity contribution in [2.45, 2.75) is 4.90 Å². The molecule has 2 aromatic carbocycles. The lowest BCUT2D eigenvalue weighted by Gasteiger charge is -2.18. The normalized spacial score (nSPS) is 17.5. The molecule has 1 N–H and O–H groups in total. The van der Waals surface area contributed by atoms with Crippen molar-refractivity contribution in [3.05, 3.63) is 52.9 Å². The van der Waals surface area contributed by atoms with Crippen molar-refractivity contribution in [2.24, 2.45) is 0 Å². The van der Waals surface area contributed by atoms with Gasteiger partial charge in [-0.3, -0.25) is 4.79 Å². The number of carbonyl (C=O) groups excluding carboxylic acids is 1. The molecule has 5 heteroatoms. The molecule has 2 heterocycles. The Bertz CT molecular complexity index is 770. The lowest BCUT2D eigenvalue weighted by Crippen LogP contribution is -2.17. The van der Waals surface area contributed by atoms with Crippen LogP contribution in [0.2, 0.25) is 0 Å². The molecule has 2 aromatic rings. The molecule has 0 fully saturated rings. The van der Waals surface area contributed by atoms with E-state index in [1.54, 1.807) is 0 Å². The molecule has 2 aliphatic rings. The van der Waals surface area contributed by atoms with Crippen LogP contribution in [0.25, 0.3) is 6.08 Å². The number of nitrogens with one attached hydrogen (secondary N) is 1. The van der Waals surface area contributed by atoms with Gasteiger partial charge in [0.25, 0.3) is 5.91 Å². The smallest absolute Gasteiger partial charge is 0.262 e. The Kier molecular flexibility index (Phi) is 2.86. The van der Waals surface area contributed by atoms with Crippen molar-refractivity contribution in [1.29, 1.82) is 0 Å². The summed E-state index contributed by atoms with van der Waals surface area (Å²) in [7, 11) is 0. The monoisotopic (exact) mass is 297 g/mol. The summed E-state index contributed by atoms with van der Waals surface area (Å²) < 4.78 is 10.6. The Hall–Kier alpha value is -2.40. The van der Waals surface area contributed by atoms with E-state index in [0.29, 0.717) is 10.7 Å². The third-order valence-corrected chi connectivity index (χ3v) is 4.37. The maximum absolute atomic E-state index is 12.1. The molecular weight excluding hydrogens is 286 g/mol. The highest BCUT2D eigenvalue weighted by atomic mass is 32.2. The standard InChI is InChI=1S/C16H11NO3S/c18-16-15(21-14-4-2-1-3-11(14)17-16)8-10-5-6-12-13(7-10)20-9-19-12/h1-8H,9H2,(H,17,18). The van der Waals surface area contributed by atoms with Crippen molar-refractivity contribution in [2.75, 3.05) is 12.1 Å². The highest BCUT2D eigenvalue weighted by Gasteiger charge is 2.21. The summed E-state index contributed by atoms with van der Waals surface area (Å²) in [4.78, 5) is 13.8. The summed E-state index contributed by atoms with van der Waals surface area (Å²) in [6.45, 7) is 0.248. The molecule has 0 unspecified atom stereocenters. The Morgan fingerprint density at radius 1 is 1.10 bits per heavy atom. The molecular formula is C16H11NO3S. The van der Waals surface area contributed by atoms with E-state index in [0.717, 1.165) is 21.9 Å². The van der Waals surface area contributed by atoms with Gasteiger partial charge in [-0.15, -0.1) is 0 Å². The highest BCUT2D eigenvalue weighted by molar-refractivity contribution is 8.04. The highest BCUT2D eigenvalue weighted by Crippen LogP contribution is 2.39. The molecule has 104 valence electrons. The number of rotatable bonds is 1. The molecule has 0 atom stereocenters. The van der Waals surface area contributed by atoms with Crippen LogP contribution in [0.1, 0.15) is 5.56 Å². The van der Waals surface area contributed by atoms with Gasteiger partial charge in [-0.25, -0.2) is 0 Å². The predicted octanol–water partition coefficient (Wildman–Crippen LogP) is 3.50. The lowest BCUT2D eigenvalue weighted by molar-refractivity contribution is -0.112. The fourth-order valence-corrected chi connectivity index (χ4v) is 3.21. The van der Waals surface area contributed by atoms with E-state index in [-0.39, 0.29) is 12.7 Å². The molecule has 2 aliphatic heterocycles. The van der Waals surface area contributed by atoms with Gasteiger partial charge < -0.3 is 14.8 Å². The number of ether oxygens (including phenoxy) is 2. The summed E-state index contributed by atoms with van der Waals surface area (Å²) >= 11 is 1.47. The summed E-state index contributed by atoms with van der Waals surface area (Å²) in [5.41, 5.74) is 1.77. The quantitative estimate of drug-likeness (QED) is 0.818. The second-order valence-corrected chi connectivity index (χ2v) is 5.76. The SMILES string of the molecule is O=C1Nc2ccccc2SC1=Cc1ccc2c(c1)OCO2. The average molecular weight is 297 g/mol. The third kappa shape index (κ3) is 2.25. The second kappa shape index (κ2) is 4.86. The Morgan fingerprint density at radius 2 is 1.95 bits per heavy atom. The topological polar surface area (TPSA) is 47.6 Å². The van der Waals surface area contributed by atoms with Crippen molar-refractivity contribution in [3.8, 4) is 11.5 Å². The molecule has 0 bridgehead atoms. The van der Waals surface area contributed by atoms with Crippen molar-refractivity contribution < 1.29 is 14.3 Å². The van der Waals surface area contributed by atoms with Gasteiger partial charge in [0.05, 0.1) is 10.6 Å². The minimum absolute atomic E-state index is 0.0867. The zero-order valence-corrected chi connectivity index (χ0v) is 11.8. The maximum atomic E-state index is 12.1. The van der Waals surface area contributed by atoms with Crippen LogP contribution < -0.4 is 14.8 Å². The minimum atomic E-state index is -0.0867. The minimum Gasteiger partial charge on any atom is -0.454 e. The molecule has 0 aliphatic carbocycles. The van der Waals surface area contributed by atoms with Gasteiger partial charge in [0, 0.05) is 4.90 Å². The van der Waals surface area contributed by atoms with E-state index in [9.17, 15) is 4.79 Å². The molecule has 0 aromatic heterocycles. The van der Waals surface area contributed by atoms with Crippen molar-refractivity contribution >= 4 is 29.4 Å². The lowest BCUT2D eigenvalue weighted by atomic mass is 10.2. The summed E-state index contributed by atoms with van der Waals surface area (Å²) in [6.07, 6.45) is 1.86. The zero-order chi connectivity index (χ0) is 14.2. The Balaban J connectivity index is 1.68. The van der Waals surface area contributed by atoms with Crippen molar-refractivity contribution in [3.63, 3.8) is 0 Å². The number of thioether (sulfide) groups is 1. The first-order valence-electron chi connectivity index (χ1n) is 6.49. The summed E-state index contributed by atoms with van der Waals surface area (Å²) in [5, 5.41) is 2.90. The maximum Gasteiger partial charge on any atom is 0.262 e. The predicted molar refractivity (Wildman–Crippen MR) is 81.5 cm³/mol. The van der Waals surface area contributed by atoms with Gasteiger partial charge in [-0.05, 0) is 35.9 Å². The van der Waals surface area contributed by atoms with Crippen LogP contribution in [0.4, 0.5) is 5.69 Å². The number of benzene rings is 2. The van der Waals surface area contributed by atoms with E-state index >= 15 is 0 Å². The van der Waals surface area contributed by atoms with Gasteiger partial charge in [0.15, 0.2) is 11.5 Å². The van der Waals surface area contributed by atoms with Gasteiger partial charge in [0.2, 0.25) is 6.79 Å². The van der Waals surface area contributed by atoms with E-state index in [4.69, 9.17) is 9.47 Å². The van der Waals surface area contributed by atoms with Crippen molar-refractivity contribution in [1.82, 2.24) is 0 Å². The molecule has 1 amide bonds. The van der Waals surface area contributed by atoms with Crippen LogP contribution in [0.15, 0.2) is 52.3 Å². The van der Waals surface area contributed by atoms with E-state index in [2.05, 4.69) is 5.32 Å². The van der Waals surface area contributed by atoms with Crippen LogP contribution >= 0.6 is 11.8 Å². The summed E-state index contributed by atoms with van der Waals surface area (Å²) in [6, 6.07) is 13.4. The number of hydrogen-bond donors (Lipinski definition) is 1. The number of carbonyl (C=O) groups is 1. The largest absolute Gasteiger partial charge is 0.454 e. The molecule has 4 rings (SSSR count). The molecule has 0 saturated heterocycles. The van der Waals surface area contributed by atoms with Gasteiger partial charge in [-0.1, -0.05) is 30.0 Å². The number of hydrogen-bond acceptors (Lipinski definition) is 4. The molecule has 0 spiro atoms. The molecule has 4 nitrogen and oxygen atoms in total. The number of amides is 1. The van der Waals surface area contributed by atoms with Crippen LogP contribution in [-0.4, -0.2) is 12.7 Å². The van der Waals surface area contributed by atoms with Gasteiger partial charge >= 0.3 is 0 Å². The number of fused-ring (bicyclic) bond motifs is 2. The fourth-order valence-electron chi connectivity index (χ4n) is 2.26. The first kappa shape index (κ1) is 12.3. The summed E-state index contributed by atoms with van der Waals surface area (Å²) in [5.74, 6) is 1.37. The van der Waals surface area contributed by atoms with Gasteiger partial charge in [0.1, 0.15) is 0 Å². The molecule has 21 heavy (non-hydrogen) atoms. The molecule has 0 radical (unpaired) electrons. The van der Waals surface area contributed by atoms with E-state index < -0.39 is 0 Å². The zero-order valence-electron chi connectivity index (χ0n) is 11.0. The van der Waals surface area contributed by atoms with Crippen LogP contribution in [-0.2, 0) is 4.79 Å².